The van der Waals surface area contributed by atoms with Gasteiger partial charge in [0.2, 0.25) is 5.91 Å². The third kappa shape index (κ3) is 5.20. The lowest BCUT2D eigenvalue weighted by Gasteiger charge is -2.27. The molecule has 0 atom stereocenters. The van der Waals surface area contributed by atoms with Gasteiger partial charge in [0.15, 0.2) is 0 Å². The van der Waals surface area contributed by atoms with E-state index in [2.05, 4.69) is 21.4 Å². The molecule has 0 aromatic heterocycles. The zero-order valence-corrected chi connectivity index (χ0v) is 15.4. The molecule has 0 fully saturated rings. The largest absolute Gasteiger partial charge is 0.273 e. The Balaban J connectivity index is 1.97. The molecular formula is C19H21BrN2O2. The van der Waals surface area contributed by atoms with Crippen molar-refractivity contribution < 1.29 is 9.59 Å². The highest BCUT2D eigenvalue weighted by molar-refractivity contribution is 9.10. The van der Waals surface area contributed by atoms with Gasteiger partial charge >= 0.3 is 0 Å². The number of carbonyl (C=O) groups excluding carboxylic acids is 2. The summed E-state index contributed by atoms with van der Waals surface area (Å²) in [5, 5.41) is 1.41. The summed E-state index contributed by atoms with van der Waals surface area (Å²) >= 11 is 3.39. The van der Waals surface area contributed by atoms with E-state index in [9.17, 15) is 9.59 Å². The van der Waals surface area contributed by atoms with Crippen LogP contribution in [0.1, 0.15) is 36.2 Å². The molecule has 2 aromatic rings. The van der Waals surface area contributed by atoms with Gasteiger partial charge in [-0.1, -0.05) is 46.3 Å². The van der Waals surface area contributed by atoms with Gasteiger partial charge in [0.1, 0.15) is 0 Å². The first-order valence-corrected chi connectivity index (χ1v) is 8.69. The Morgan fingerprint density at radius 3 is 2.25 bits per heavy atom. The van der Waals surface area contributed by atoms with Gasteiger partial charge in [-0.15, -0.1) is 0 Å². The Kier molecular flexibility index (Phi) is 6.55. The fraction of sp³-hybridized carbons (Fsp3) is 0.263. The Bertz CT molecular complexity index is 684. The summed E-state index contributed by atoms with van der Waals surface area (Å²) in [6, 6.07) is 16.7. The second kappa shape index (κ2) is 8.64. The zero-order chi connectivity index (χ0) is 17.5. The first-order valence-electron chi connectivity index (χ1n) is 7.90. The molecule has 4 nitrogen and oxygen atoms in total. The van der Waals surface area contributed by atoms with Gasteiger partial charge in [-0.05, 0) is 50.1 Å². The Morgan fingerprint density at radius 2 is 1.67 bits per heavy atom. The smallest absolute Gasteiger partial charge is 0.269 e. The first kappa shape index (κ1) is 18.2. The van der Waals surface area contributed by atoms with Crippen molar-refractivity contribution in [2.45, 2.75) is 32.7 Å². The predicted molar refractivity (Wildman–Crippen MR) is 98.4 cm³/mol. The van der Waals surface area contributed by atoms with E-state index in [0.717, 1.165) is 10.0 Å². The van der Waals surface area contributed by atoms with Crippen molar-refractivity contribution in [1.82, 2.24) is 10.4 Å². The van der Waals surface area contributed by atoms with Crippen LogP contribution in [0.3, 0.4) is 0 Å². The van der Waals surface area contributed by atoms with Crippen molar-refractivity contribution in [3.05, 3.63) is 70.2 Å². The Labute approximate surface area is 151 Å². The monoisotopic (exact) mass is 388 g/mol. The minimum Gasteiger partial charge on any atom is -0.273 e. The van der Waals surface area contributed by atoms with E-state index in [0.29, 0.717) is 18.4 Å². The minimum absolute atomic E-state index is 0.0998. The highest BCUT2D eigenvalue weighted by Gasteiger charge is 2.19. The molecule has 0 aliphatic carbocycles. The molecule has 0 aliphatic heterocycles. The molecule has 2 amide bonds. The maximum Gasteiger partial charge on any atom is 0.269 e. The highest BCUT2D eigenvalue weighted by Crippen LogP contribution is 2.12. The normalized spacial score (nSPS) is 10.5. The molecule has 1 N–H and O–H groups in total. The maximum atomic E-state index is 12.5. The quantitative estimate of drug-likeness (QED) is 0.787. The van der Waals surface area contributed by atoms with Crippen LogP contribution in [0.15, 0.2) is 59.1 Å². The number of hydrazine groups is 1. The maximum absolute atomic E-state index is 12.5. The molecule has 0 saturated heterocycles. The van der Waals surface area contributed by atoms with Gasteiger partial charge in [0, 0.05) is 22.5 Å². The fourth-order valence-corrected chi connectivity index (χ4v) is 2.53. The Hall–Kier alpha value is -2.14. The average Bonchev–Trinajstić information content (AvgIpc) is 2.59. The van der Waals surface area contributed by atoms with Gasteiger partial charge in [0.05, 0.1) is 0 Å². The third-order valence-corrected chi connectivity index (χ3v) is 4.11. The number of aryl methyl sites for hydroxylation is 1. The number of carbonyl (C=O) groups is 2. The van der Waals surface area contributed by atoms with Crippen molar-refractivity contribution in [3.63, 3.8) is 0 Å². The van der Waals surface area contributed by atoms with Crippen LogP contribution in [0.25, 0.3) is 0 Å². The van der Waals surface area contributed by atoms with Gasteiger partial charge in [-0.2, -0.15) is 0 Å². The summed E-state index contributed by atoms with van der Waals surface area (Å²) < 4.78 is 1.01. The summed E-state index contributed by atoms with van der Waals surface area (Å²) in [6.07, 6.45) is 0.978. The van der Waals surface area contributed by atoms with Crippen LogP contribution >= 0.6 is 15.9 Å². The molecule has 5 heteroatoms. The lowest BCUT2D eigenvalue weighted by Crippen LogP contribution is -2.50. The predicted octanol–water partition coefficient (Wildman–Crippen LogP) is 3.96. The number of benzene rings is 2. The second-order valence-corrected chi connectivity index (χ2v) is 6.71. The van der Waals surface area contributed by atoms with E-state index < -0.39 is 0 Å². The van der Waals surface area contributed by atoms with Crippen LogP contribution in [-0.4, -0.2) is 22.9 Å². The lowest BCUT2D eigenvalue weighted by molar-refractivity contribution is -0.135. The summed E-state index contributed by atoms with van der Waals surface area (Å²) in [6.45, 7) is 3.76. The third-order valence-electron chi connectivity index (χ3n) is 3.58. The molecule has 0 aliphatic rings. The highest BCUT2D eigenvalue weighted by atomic mass is 79.9. The SMILES string of the molecule is CC(C)N(NC(=O)c1ccccc1)C(=O)CCc1ccc(Br)cc1. The van der Waals surface area contributed by atoms with Crippen molar-refractivity contribution in [3.8, 4) is 0 Å². The molecule has 2 aromatic carbocycles. The molecule has 0 spiro atoms. The van der Waals surface area contributed by atoms with E-state index in [1.807, 2.05) is 44.2 Å². The molecular weight excluding hydrogens is 368 g/mol. The molecule has 0 bridgehead atoms. The Morgan fingerprint density at radius 1 is 1.04 bits per heavy atom. The topological polar surface area (TPSA) is 49.4 Å². The van der Waals surface area contributed by atoms with Crippen LogP contribution in [0.5, 0.6) is 0 Å². The van der Waals surface area contributed by atoms with Crippen LogP contribution in [0.4, 0.5) is 0 Å². The lowest BCUT2D eigenvalue weighted by atomic mass is 10.1. The molecule has 0 unspecified atom stereocenters. The van der Waals surface area contributed by atoms with Crippen molar-refractivity contribution in [1.29, 1.82) is 0 Å². The van der Waals surface area contributed by atoms with E-state index in [1.165, 1.54) is 5.01 Å². The van der Waals surface area contributed by atoms with E-state index in [1.54, 1.807) is 24.3 Å². The minimum atomic E-state index is -0.277. The number of rotatable bonds is 5. The average molecular weight is 389 g/mol. The number of hydrogen-bond donors (Lipinski definition) is 1. The fourth-order valence-electron chi connectivity index (χ4n) is 2.27. The van der Waals surface area contributed by atoms with Crippen molar-refractivity contribution in [2.75, 3.05) is 0 Å². The number of amides is 2. The molecule has 2 rings (SSSR count). The van der Waals surface area contributed by atoms with Crippen LogP contribution < -0.4 is 5.43 Å². The zero-order valence-electron chi connectivity index (χ0n) is 13.8. The number of nitrogens with one attached hydrogen (secondary N) is 1. The van der Waals surface area contributed by atoms with Gasteiger partial charge in [-0.3, -0.25) is 20.0 Å². The number of hydrogen-bond acceptors (Lipinski definition) is 2. The first-order chi connectivity index (χ1) is 11.5. The van der Waals surface area contributed by atoms with E-state index in [-0.39, 0.29) is 17.9 Å². The number of nitrogens with zero attached hydrogens (tertiary/aromatic N) is 1. The van der Waals surface area contributed by atoms with E-state index in [4.69, 9.17) is 0 Å². The van der Waals surface area contributed by atoms with Gasteiger partial charge in [0.25, 0.3) is 5.91 Å². The van der Waals surface area contributed by atoms with Crippen LogP contribution in [0.2, 0.25) is 0 Å². The molecule has 0 heterocycles. The van der Waals surface area contributed by atoms with Gasteiger partial charge < -0.3 is 0 Å². The van der Waals surface area contributed by atoms with Crippen molar-refractivity contribution in [2.24, 2.45) is 0 Å². The summed E-state index contributed by atoms with van der Waals surface area (Å²) in [5.41, 5.74) is 4.33. The number of halogens is 1. The molecule has 0 radical (unpaired) electrons. The summed E-state index contributed by atoms with van der Waals surface area (Å²) in [5.74, 6) is -0.376. The van der Waals surface area contributed by atoms with Crippen molar-refractivity contribution >= 4 is 27.7 Å². The van der Waals surface area contributed by atoms with E-state index >= 15 is 0 Å². The molecule has 24 heavy (non-hydrogen) atoms. The second-order valence-electron chi connectivity index (χ2n) is 5.79. The van der Waals surface area contributed by atoms with Gasteiger partial charge in [-0.25, -0.2) is 0 Å². The molecule has 126 valence electrons. The van der Waals surface area contributed by atoms with Crippen LogP contribution in [-0.2, 0) is 11.2 Å². The van der Waals surface area contributed by atoms with Crippen LogP contribution in [0, 0.1) is 0 Å². The standard InChI is InChI=1S/C19H21BrN2O2/c1-14(2)22(21-19(24)16-6-4-3-5-7-16)18(23)13-10-15-8-11-17(20)12-9-15/h3-9,11-12,14H,10,13H2,1-2H3,(H,21,24). The summed E-state index contributed by atoms with van der Waals surface area (Å²) in [4.78, 5) is 24.8. The molecule has 0 saturated carbocycles. The summed E-state index contributed by atoms with van der Waals surface area (Å²) in [7, 11) is 0.